The van der Waals surface area contributed by atoms with Gasteiger partial charge in [-0.25, -0.2) is 13.4 Å². The van der Waals surface area contributed by atoms with Gasteiger partial charge in [0.15, 0.2) is 0 Å². The van der Waals surface area contributed by atoms with Gasteiger partial charge in [-0.05, 0) is 42.2 Å². The number of pyridine rings is 1. The molecule has 2 aliphatic carbocycles. The van der Waals surface area contributed by atoms with Crippen LogP contribution in [0.1, 0.15) is 46.5 Å². The molecule has 0 unspecified atom stereocenters. The van der Waals surface area contributed by atoms with Crippen LogP contribution in [0.2, 0.25) is 0 Å². The van der Waals surface area contributed by atoms with Gasteiger partial charge >= 0.3 is 0 Å². The zero-order valence-electron chi connectivity index (χ0n) is 22.6. The van der Waals surface area contributed by atoms with Crippen molar-refractivity contribution < 1.29 is 27.5 Å². The Bertz CT molecular complexity index is 1450. The van der Waals surface area contributed by atoms with Crippen molar-refractivity contribution in [3.05, 3.63) is 36.5 Å². The molecule has 40 heavy (non-hydrogen) atoms. The summed E-state index contributed by atoms with van der Waals surface area (Å²) in [7, 11) is -3.78. The fourth-order valence-corrected chi connectivity index (χ4v) is 7.39. The van der Waals surface area contributed by atoms with Crippen molar-refractivity contribution in [2.45, 2.75) is 79.4 Å². The quantitative estimate of drug-likeness (QED) is 0.280. The molecule has 5 rings (SSSR count). The third kappa shape index (κ3) is 5.64. The molecule has 2 heterocycles. The normalized spacial score (nSPS) is 27.2. The summed E-state index contributed by atoms with van der Waals surface area (Å²) < 4.78 is 32.9. The van der Waals surface area contributed by atoms with E-state index in [1.54, 1.807) is 6.20 Å². The van der Waals surface area contributed by atoms with Crippen molar-refractivity contribution in [1.82, 2.24) is 19.9 Å². The molecule has 5 atom stereocenters. The second-order valence-electron chi connectivity index (χ2n) is 12.0. The fourth-order valence-electron chi connectivity index (χ4n) is 4.90. The minimum absolute atomic E-state index is 0.106. The van der Waals surface area contributed by atoms with Crippen LogP contribution in [0.15, 0.2) is 36.5 Å². The third-order valence-corrected chi connectivity index (χ3v) is 11.1. The average molecular weight is 684 g/mol. The maximum atomic E-state index is 13.7. The fraction of sp³-hybridized carbons (Fsp3) is 0.556. The van der Waals surface area contributed by atoms with Gasteiger partial charge in [0.05, 0.1) is 17.8 Å². The first-order valence-electron chi connectivity index (χ1n) is 13.3. The summed E-state index contributed by atoms with van der Waals surface area (Å²) in [5, 5.41) is 3.97. The van der Waals surface area contributed by atoms with Gasteiger partial charge in [-0.2, -0.15) is 0 Å². The first-order valence-corrected chi connectivity index (χ1v) is 16.1. The minimum Gasteiger partial charge on any atom is -0.472 e. The molecule has 13 heteroatoms. The van der Waals surface area contributed by atoms with Crippen LogP contribution >= 0.6 is 22.6 Å². The Kier molecular flexibility index (Phi) is 7.53. The largest absolute Gasteiger partial charge is 0.472 e. The number of ether oxygens (including phenoxy) is 1. The molecule has 3 aliphatic rings. The molecule has 3 amide bonds. The van der Waals surface area contributed by atoms with Crippen LogP contribution in [-0.2, 0) is 24.4 Å². The Morgan fingerprint density at radius 3 is 2.50 bits per heavy atom. The van der Waals surface area contributed by atoms with E-state index in [-0.39, 0.29) is 23.3 Å². The van der Waals surface area contributed by atoms with Crippen LogP contribution in [-0.4, -0.2) is 75.5 Å². The highest BCUT2D eigenvalue weighted by molar-refractivity contribution is 14.1. The molecule has 1 aromatic carbocycles. The van der Waals surface area contributed by atoms with E-state index in [2.05, 4.69) is 15.0 Å². The smallest absolute Gasteiger partial charge is 0.260 e. The Morgan fingerprint density at radius 2 is 1.88 bits per heavy atom. The Morgan fingerprint density at radius 1 is 1.20 bits per heavy atom. The molecule has 1 aromatic heterocycles. The van der Waals surface area contributed by atoms with Crippen LogP contribution in [0.3, 0.4) is 0 Å². The first-order chi connectivity index (χ1) is 18.7. The van der Waals surface area contributed by atoms with E-state index in [9.17, 15) is 22.8 Å². The number of nitrogens with zero attached hydrogens (tertiary/aromatic N) is 2. The summed E-state index contributed by atoms with van der Waals surface area (Å²) in [6.45, 7) is 5.65. The van der Waals surface area contributed by atoms with Crippen LogP contribution in [0.25, 0.3) is 10.8 Å². The van der Waals surface area contributed by atoms with Crippen LogP contribution in [0.4, 0.5) is 0 Å². The first kappa shape index (κ1) is 29.0. The molecule has 3 fully saturated rings. The SMILES string of the molecule is CC(C)(C)[C@H](N)C(=O)N1C[C@H](Oc2nccc3ccccc23)C[C@H]1C(=O)N[C@]1(C(=O)NS(=O)(=O)C2CC2)C[C@H]1I. The molecular formula is C27H34IN5O6S. The van der Waals surface area contributed by atoms with Crippen LogP contribution in [0, 0.1) is 5.41 Å². The Hall–Kier alpha value is -2.52. The van der Waals surface area contributed by atoms with Crippen molar-refractivity contribution in [3.8, 4) is 5.88 Å². The molecule has 216 valence electrons. The molecular weight excluding hydrogens is 649 g/mol. The Balaban J connectivity index is 1.37. The summed E-state index contributed by atoms with van der Waals surface area (Å²) >= 11 is 2.03. The number of alkyl halides is 1. The summed E-state index contributed by atoms with van der Waals surface area (Å²) in [6.07, 6.45) is 2.54. The third-order valence-electron chi connectivity index (χ3n) is 7.79. The van der Waals surface area contributed by atoms with Gasteiger partial charge in [-0.1, -0.05) is 61.6 Å². The van der Waals surface area contributed by atoms with E-state index in [0.717, 1.165) is 10.8 Å². The number of carbonyl (C=O) groups is 3. The predicted octanol–water partition coefficient (Wildman–Crippen LogP) is 1.63. The van der Waals surface area contributed by atoms with Crippen molar-refractivity contribution in [3.63, 3.8) is 0 Å². The van der Waals surface area contributed by atoms with Gasteiger partial charge in [0.2, 0.25) is 27.7 Å². The summed E-state index contributed by atoms with van der Waals surface area (Å²) in [5.41, 5.74) is 4.39. The monoisotopic (exact) mass is 683 g/mol. The van der Waals surface area contributed by atoms with Crippen LogP contribution in [0.5, 0.6) is 5.88 Å². The van der Waals surface area contributed by atoms with Crippen molar-refractivity contribution in [2.75, 3.05) is 6.54 Å². The Labute approximate surface area is 247 Å². The number of nitrogens with two attached hydrogens (primary N) is 1. The van der Waals surface area contributed by atoms with Gasteiger partial charge in [0.25, 0.3) is 5.91 Å². The number of hydrogen-bond acceptors (Lipinski definition) is 8. The van der Waals surface area contributed by atoms with Gasteiger partial charge in [-0.3, -0.25) is 19.1 Å². The molecule has 0 radical (unpaired) electrons. The molecule has 4 N–H and O–H groups in total. The van der Waals surface area contributed by atoms with Crippen molar-refractivity contribution >= 4 is 61.1 Å². The highest BCUT2D eigenvalue weighted by atomic mass is 127. The van der Waals surface area contributed by atoms with E-state index in [1.807, 2.05) is 73.7 Å². The number of amides is 3. The number of hydrogen-bond donors (Lipinski definition) is 3. The molecule has 1 aliphatic heterocycles. The van der Waals surface area contributed by atoms with Crippen molar-refractivity contribution in [2.24, 2.45) is 11.1 Å². The summed E-state index contributed by atoms with van der Waals surface area (Å²) in [4.78, 5) is 46.1. The summed E-state index contributed by atoms with van der Waals surface area (Å²) in [6, 6.07) is 7.65. The molecule has 0 bridgehead atoms. The van der Waals surface area contributed by atoms with Crippen LogP contribution < -0.4 is 20.5 Å². The lowest BCUT2D eigenvalue weighted by Crippen LogP contribution is -2.59. The number of sulfonamides is 1. The van der Waals surface area contributed by atoms with Gasteiger partial charge in [-0.15, -0.1) is 0 Å². The molecule has 2 aromatic rings. The zero-order valence-corrected chi connectivity index (χ0v) is 25.6. The van der Waals surface area contributed by atoms with E-state index in [4.69, 9.17) is 10.5 Å². The lowest BCUT2D eigenvalue weighted by molar-refractivity contribution is -0.142. The average Bonchev–Trinajstić information content (AvgIpc) is 3.81. The second kappa shape index (κ2) is 10.4. The lowest BCUT2D eigenvalue weighted by atomic mass is 9.86. The lowest BCUT2D eigenvalue weighted by Gasteiger charge is -2.33. The molecule has 11 nitrogen and oxygen atoms in total. The number of aromatic nitrogens is 1. The standard InChI is InChI=1S/C27H34IN5O6S/c1-26(2,3)21(29)24(35)33-14-16(39-23-18-7-5-4-6-15(18)10-11-30-23)12-19(33)22(34)31-27(13-20(27)28)25(36)32-40(37,38)17-8-9-17/h4-7,10-11,16-17,19-21H,8-9,12-14,29H2,1-3H3,(H,31,34)(H,32,36)/t16-,19+,20-,21-,27-/m1/s1. The van der Waals surface area contributed by atoms with Gasteiger partial charge in [0.1, 0.15) is 17.7 Å². The molecule has 0 spiro atoms. The van der Waals surface area contributed by atoms with Crippen molar-refractivity contribution in [1.29, 1.82) is 0 Å². The predicted molar refractivity (Wildman–Crippen MR) is 157 cm³/mol. The number of nitrogens with one attached hydrogen (secondary N) is 2. The van der Waals surface area contributed by atoms with E-state index in [1.165, 1.54) is 4.90 Å². The second-order valence-corrected chi connectivity index (χ2v) is 15.4. The summed E-state index contributed by atoms with van der Waals surface area (Å²) in [5.74, 6) is -1.31. The number of fused-ring (bicyclic) bond motifs is 1. The highest BCUT2D eigenvalue weighted by Crippen LogP contribution is 2.44. The zero-order chi connectivity index (χ0) is 29.0. The molecule has 1 saturated heterocycles. The number of halogens is 1. The van der Waals surface area contributed by atoms with E-state index >= 15 is 0 Å². The maximum absolute atomic E-state index is 13.7. The maximum Gasteiger partial charge on any atom is 0.260 e. The van der Waals surface area contributed by atoms with Gasteiger partial charge < -0.3 is 20.7 Å². The van der Waals surface area contributed by atoms with E-state index < -0.39 is 62.1 Å². The van der Waals surface area contributed by atoms with Gasteiger partial charge in [0, 0.05) is 21.9 Å². The number of benzene rings is 1. The number of rotatable bonds is 8. The minimum atomic E-state index is -3.78. The molecule has 2 saturated carbocycles. The highest BCUT2D eigenvalue weighted by Gasteiger charge is 2.62. The number of carbonyl (C=O) groups excluding carboxylic acids is 3. The topological polar surface area (TPSA) is 161 Å². The number of likely N-dealkylation sites (tertiary alicyclic amines) is 1. The van der Waals surface area contributed by atoms with E-state index in [0.29, 0.717) is 18.7 Å².